The van der Waals surface area contributed by atoms with Crippen LogP contribution in [0.1, 0.15) is 18.5 Å². The lowest BCUT2D eigenvalue weighted by Crippen LogP contribution is -2.41. The smallest absolute Gasteiger partial charge is 0.271 e. The van der Waals surface area contributed by atoms with Gasteiger partial charge in [0.15, 0.2) is 9.84 Å². The normalized spacial score (nSPS) is 12.5. The number of nitro groups is 1. The van der Waals surface area contributed by atoms with Crippen molar-refractivity contribution >= 4 is 37.1 Å². The second-order valence-corrected chi connectivity index (χ2v) is 11.6. The summed E-state index contributed by atoms with van der Waals surface area (Å²) in [6.45, 7) is 1.03. The summed E-state index contributed by atoms with van der Waals surface area (Å²) in [4.78, 5) is 23.5. The number of anilines is 1. The number of hydrogen-bond donors (Lipinski definition) is 1. The van der Waals surface area contributed by atoms with E-state index in [1.54, 1.807) is 25.1 Å². The van der Waals surface area contributed by atoms with Crippen LogP contribution in [0.25, 0.3) is 0 Å². The van der Waals surface area contributed by atoms with Gasteiger partial charge < -0.3 is 5.32 Å². The van der Waals surface area contributed by atoms with Crippen molar-refractivity contribution in [3.8, 4) is 0 Å². The maximum Gasteiger partial charge on any atom is 0.271 e. The highest BCUT2D eigenvalue weighted by Crippen LogP contribution is 2.27. The molecule has 0 radical (unpaired) electrons. The van der Waals surface area contributed by atoms with E-state index < -0.39 is 43.3 Å². The first-order valence-electron chi connectivity index (χ1n) is 10.3. The molecule has 3 aromatic rings. The first-order chi connectivity index (χ1) is 16.4. The van der Waals surface area contributed by atoms with Crippen molar-refractivity contribution < 1.29 is 26.6 Å². The Labute approximate surface area is 203 Å². The van der Waals surface area contributed by atoms with Crippen molar-refractivity contribution in [2.24, 2.45) is 0 Å². The van der Waals surface area contributed by atoms with Gasteiger partial charge in [-0.25, -0.2) is 16.8 Å². The number of sulfone groups is 1. The number of benzene rings is 3. The van der Waals surface area contributed by atoms with Crippen LogP contribution >= 0.6 is 0 Å². The summed E-state index contributed by atoms with van der Waals surface area (Å²) in [5.74, 6) is -0.657. The van der Waals surface area contributed by atoms with E-state index in [0.717, 1.165) is 16.6 Å². The van der Waals surface area contributed by atoms with Crippen molar-refractivity contribution in [1.82, 2.24) is 5.32 Å². The van der Waals surface area contributed by atoms with Gasteiger partial charge in [-0.2, -0.15) is 0 Å². The van der Waals surface area contributed by atoms with Crippen LogP contribution in [0.5, 0.6) is 0 Å². The number of nitro benzene ring substituents is 1. The Hall–Kier alpha value is -3.77. The molecular weight excluding hydrogens is 494 g/mol. The van der Waals surface area contributed by atoms with Gasteiger partial charge in [0, 0.05) is 18.4 Å². The predicted molar refractivity (Wildman–Crippen MR) is 130 cm³/mol. The van der Waals surface area contributed by atoms with E-state index in [4.69, 9.17) is 0 Å². The summed E-state index contributed by atoms with van der Waals surface area (Å²) in [5, 5.41) is 13.9. The fraction of sp³-hybridized carbons (Fsp3) is 0.174. The molecule has 35 heavy (non-hydrogen) atoms. The molecule has 0 heterocycles. The summed E-state index contributed by atoms with van der Waals surface area (Å²) < 4.78 is 50.8. The van der Waals surface area contributed by atoms with Crippen LogP contribution < -0.4 is 9.62 Å². The molecule has 1 N–H and O–H groups in total. The summed E-state index contributed by atoms with van der Waals surface area (Å²) in [5.41, 5.74) is 0.248. The lowest BCUT2D eigenvalue weighted by atomic mass is 10.1. The zero-order valence-corrected chi connectivity index (χ0v) is 20.5. The van der Waals surface area contributed by atoms with Crippen LogP contribution in [0.3, 0.4) is 0 Å². The van der Waals surface area contributed by atoms with E-state index >= 15 is 0 Å². The summed E-state index contributed by atoms with van der Waals surface area (Å²) in [6.07, 6.45) is 1.09. The lowest BCUT2D eigenvalue weighted by Gasteiger charge is -2.25. The van der Waals surface area contributed by atoms with E-state index in [1.165, 1.54) is 54.6 Å². The van der Waals surface area contributed by atoms with Crippen LogP contribution in [0.4, 0.5) is 11.4 Å². The zero-order valence-electron chi connectivity index (χ0n) is 18.9. The minimum absolute atomic E-state index is 0.0386. The van der Waals surface area contributed by atoms with Gasteiger partial charge in [-0.1, -0.05) is 36.4 Å². The van der Waals surface area contributed by atoms with E-state index in [0.29, 0.717) is 5.56 Å². The number of sulfonamides is 1. The van der Waals surface area contributed by atoms with Crippen LogP contribution in [0.15, 0.2) is 88.7 Å². The summed E-state index contributed by atoms with van der Waals surface area (Å²) in [7, 11) is -7.61. The highest BCUT2D eigenvalue weighted by Gasteiger charge is 2.28. The molecule has 0 aliphatic carbocycles. The van der Waals surface area contributed by atoms with E-state index in [-0.39, 0.29) is 21.2 Å². The highest BCUT2D eigenvalue weighted by atomic mass is 32.2. The highest BCUT2D eigenvalue weighted by molar-refractivity contribution is 7.93. The number of amides is 1. The Kier molecular flexibility index (Phi) is 7.56. The minimum Gasteiger partial charge on any atom is -0.348 e. The largest absolute Gasteiger partial charge is 0.348 e. The molecule has 0 spiro atoms. The third-order valence-electron chi connectivity index (χ3n) is 5.13. The Morgan fingerprint density at radius 3 is 2.14 bits per heavy atom. The van der Waals surface area contributed by atoms with Gasteiger partial charge in [0.2, 0.25) is 5.91 Å². The van der Waals surface area contributed by atoms with Crippen molar-refractivity contribution in [2.45, 2.75) is 22.8 Å². The van der Waals surface area contributed by atoms with Crippen molar-refractivity contribution in [1.29, 1.82) is 0 Å². The van der Waals surface area contributed by atoms with E-state index in [1.807, 2.05) is 0 Å². The zero-order chi connectivity index (χ0) is 25.8. The Morgan fingerprint density at radius 2 is 1.57 bits per heavy atom. The SMILES string of the molecule is C[C@H](NC(=O)CN(c1cccc([N+](=O)[O-])c1)S(=O)(=O)c1ccccc1)c1ccc(S(C)(=O)=O)cc1. The minimum atomic E-state index is -4.23. The molecule has 0 saturated heterocycles. The Balaban J connectivity index is 1.89. The summed E-state index contributed by atoms with van der Waals surface area (Å²) in [6, 6.07) is 17.8. The van der Waals surface area contributed by atoms with Gasteiger partial charge in [0.05, 0.1) is 26.4 Å². The van der Waals surface area contributed by atoms with Gasteiger partial charge >= 0.3 is 0 Å². The molecular formula is C23H23N3O7S2. The van der Waals surface area contributed by atoms with Crippen LogP contribution in [-0.4, -0.2) is 40.5 Å². The van der Waals surface area contributed by atoms with E-state index in [9.17, 15) is 31.7 Å². The molecule has 0 aromatic heterocycles. The molecule has 3 rings (SSSR count). The number of carbonyl (C=O) groups excluding carboxylic acids is 1. The molecule has 0 bridgehead atoms. The first kappa shape index (κ1) is 25.8. The molecule has 3 aromatic carbocycles. The standard InChI is InChI=1S/C23H23N3O7S2/c1-17(18-11-13-21(14-12-18)34(2,30)31)24-23(27)16-25(19-7-6-8-20(15-19)26(28)29)35(32,33)22-9-4-3-5-10-22/h3-15,17H,16H2,1-2H3,(H,24,27)/t17-/m0/s1. The van der Waals surface area contributed by atoms with Gasteiger partial charge in [-0.3, -0.25) is 19.2 Å². The van der Waals surface area contributed by atoms with Gasteiger partial charge in [-0.05, 0) is 42.8 Å². The molecule has 0 fully saturated rings. The number of nitrogens with zero attached hydrogens (tertiary/aromatic N) is 2. The average molecular weight is 518 g/mol. The molecule has 0 aliphatic rings. The molecule has 184 valence electrons. The fourth-order valence-corrected chi connectivity index (χ4v) is 5.37. The number of hydrogen-bond acceptors (Lipinski definition) is 7. The van der Waals surface area contributed by atoms with Crippen LogP contribution in [0.2, 0.25) is 0 Å². The second-order valence-electron chi connectivity index (χ2n) is 7.73. The molecule has 12 heteroatoms. The van der Waals surface area contributed by atoms with Gasteiger partial charge in [0.25, 0.3) is 15.7 Å². The fourth-order valence-electron chi connectivity index (χ4n) is 3.30. The quantitative estimate of drug-likeness (QED) is 0.339. The Bertz CT molecular complexity index is 1440. The maximum absolute atomic E-state index is 13.4. The first-order valence-corrected chi connectivity index (χ1v) is 13.6. The monoisotopic (exact) mass is 517 g/mol. The molecule has 0 unspecified atom stereocenters. The maximum atomic E-state index is 13.4. The molecule has 10 nitrogen and oxygen atoms in total. The summed E-state index contributed by atoms with van der Waals surface area (Å²) >= 11 is 0. The van der Waals surface area contributed by atoms with Crippen molar-refractivity contribution in [3.63, 3.8) is 0 Å². The van der Waals surface area contributed by atoms with Gasteiger partial charge in [-0.15, -0.1) is 0 Å². The van der Waals surface area contributed by atoms with Crippen LogP contribution in [0, 0.1) is 10.1 Å². The number of carbonyl (C=O) groups is 1. The lowest BCUT2D eigenvalue weighted by molar-refractivity contribution is -0.384. The van der Waals surface area contributed by atoms with Crippen molar-refractivity contribution in [3.05, 3.63) is 94.5 Å². The molecule has 1 atom stereocenters. The number of rotatable bonds is 9. The van der Waals surface area contributed by atoms with Crippen LogP contribution in [-0.2, 0) is 24.7 Å². The number of non-ortho nitro benzene ring substituents is 1. The van der Waals surface area contributed by atoms with E-state index in [2.05, 4.69) is 5.32 Å². The third-order valence-corrected chi connectivity index (χ3v) is 8.05. The third kappa shape index (κ3) is 6.22. The number of nitrogens with one attached hydrogen (secondary N) is 1. The second kappa shape index (κ2) is 10.2. The molecule has 0 aliphatic heterocycles. The molecule has 1 amide bonds. The topological polar surface area (TPSA) is 144 Å². The van der Waals surface area contributed by atoms with Crippen molar-refractivity contribution in [2.75, 3.05) is 17.1 Å². The Morgan fingerprint density at radius 1 is 0.943 bits per heavy atom. The molecule has 0 saturated carbocycles. The predicted octanol–water partition coefficient (Wildman–Crippen LogP) is 3.07. The van der Waals surface area contributed by atoms with Gasteiger partial charge in [0.1, 0.15) is 6.54 Å². The average Bonchev–Trinajstić information content (AvgIpc) is 2.82.